The maximum absolute atomic E-state index is 4.26. The van der Waals surface area contributed by atoms with Crippen LogP contribution in [-0.2, 0) is 13.0 Å². The number of aromatic nitrogens is 3. The molecule has 0 amide bonds. The molecular formula is C11H16N4S. The van der Waals surface area contributed by atoms with Crippen molar-refractivity contribution in [2.45, 2.75) is 33.7 Å². The van der Waals surface area contributed by atoms with Crippen LogP contribution in [0.15, 0.2) is 5.51 Å². The highest BCUT2D eigenvalue weighted by Gasteiger charge is 2.08. The maximum atomic E-state index is 4.26. The summed E-state index contributed by atoms with van der Waals surface area (Å²) in [4.78, 5) is 5.49. The number of H-pyrrole nitrogens is 1. The molecule has 2 N–H and O–H groups in total. The van der Waals surface area contributed by atoms with E-state index in [2.05, 4.69) is 34.3 Å². The van der Waals surface area contributed by atoms with Crippen LogP contribution in [0.3, 0.4) is 0 Å². The van der Waals surface area contributed by atoms with E-state index in [1.54, 1.807) is 11.3 Å². The van der Waals surface area contributed by atoms with E-state index in [1.807, 2.05) is 12.4 Å². The molecule has 0 fully saturated rings. The fourth-order valence-corrected chi connectivity index (χ4v) is 2.33. The van der Waals surface area contributed by atoms with Crippen molar-refractivity contribution in [3.8, 4) is 0 Å². The quantitative estimate of drug-likeness (QED) is 0.858. The molecule has 0 saturated carbocycles. The van der Waals surface area contributed by atoms with Gasteiger partial charge in [0.1, 0.15) is 0 Å². The molecule has 0 aromatic carbocycles. The van der Waals surface area contributed by atoms with Gasteiger partial charge in [0.2, 0.25) is 0 Å². The number of hydrogen-bond donors (Lipinski definition) is 2. The van der Waals surface area contributed by atoms with Crippen molar-refractivity contribution in [2.75, 3.05) is 5.32 Å². The normalized spacial score (nSPS) is 10.7. The lowest BCUT2D eigenvalue weighted by molar-refractivity contribution is 0.965. The van der Waals surface area contributed by atoms with Crippen molar-refractivity contribution in [1.82, 2.24) is 15.2 Å². The summed E-state index contributed by atoms with van der Waals surface area (Å²) >= 11 is 1.68. The second kappa shape index (κ2) is 4.65. The van der Waals surface area contributed by atoms with Crippen LogP contribution in [0.5, 0.6) is 0 Å². The molecule has 0 bridgehead atoms. The molecule has 0 aliphatic heterocycles. The highest BCUT2D eigenvalue weighted by molar-refractivity contribution is 7.09. The molecule has 0 unspecified atom stereocenters. The van der Waals surface area contributed by atoms with Crippen molar-refractivity contribution in [1.29, 1.82) is 0 Å². The standard InChI is InChI=1S/C11H16N4S/c1-4-9-7(2)11(15-14-9)12-5-10-8(3)13-6-16-10/h6H,4-5H2,1-3H3,(H2,12,14,15). The van der Waals surface area contributed by atoms with E-state index in [0.717, 1.165) is 24.5 Å². The van der Waals surface area contributed by atoms with Crippen LogP contribution in [0.25, 0.3) is 0 Å². The zero-order valence-electron chi connectivity index (χ0n) is 9.79. The second-order valence-corrected chi connectivity index (χ2v) is 4.68. The number of nitrogens with one attached hydrogen (secondary N) is 2. The minimum Gasteiger partial charge on any atom is -0.363 e. The Bertz CT molecular complexity index is 472. The summed E-state index contributed by atoms with van der Waals surface area (Å²) < 4.78 is 0. The third-order valence-corrected chi connectivity index (χ3v) is 3.66. The molecule has 2 aromatic rings. The van der Waals surface area contributed by atoms with Gasteiger partial charge >= 0.3 is 0 Å². The van der Waals surface area contributed by atoms with E-state index in [-0.39, 0.29) is 0 Å². The molecule has 0 aliphatic carbocycles. The second-order valence-electron chi connectivity index (χ2n) is 3.74. The number of anilines is 1. The number of aryl methyl sites for hydroxylation is 2. The molecular weight excluding hydrogens is 220 g/mol. The van der Waals surface area contributed by atoms with Gasteiger partial charge < -0.3 is 5.32 Å². The van der Waals surface area contributed by atoms with E-state index in [0.29, 0.717) is 0 Å². The fourth-order valence-electron chi connectivity index (χ4n) is 1.61. The SMILES string of the molecule is CCc1[nH]nc(NCc2scnc2C)c1C. The first-order valence-corrected chi connectivity index (χ1v) is 6.27. The molecule has 5 heteroatoms. The number of thiazole rings is 1. The van der Waals surface area contributed by atoms with E-state index in [4.69, 9.17) is 0 Å². The zero-order chi connectivity index (χ0) is 11.5. The summed E-state index contributed by atoms with van der Waals surface area (Å²) in [6.07, 6.45) is 0.986. The van der Waals surface area contributed by atoms with Crippen molar-refractivity contribution < 1.29 is 0 Å². The summed E-state index contributed by atoms with van der Waals surface area (Å²) in [7, 11) is 0. The first-order chi connectivity index (χ1) is 7.72. The molecule has 0 radical (unpaired) electrons. The fraction of sp³-hybridized carbons (Fsp3) is 0.455. The molecule has 0 atom stereocenters. The first-order valence-electron chi connectivity index (χ1n) is 5.39. The number of aromatic amines is 1. The van der Waals surface area contributed by atoms with Crippen LogP contribution in [0.1, 0.15) is 28.8 Å². The van der Waals surface area contributed by atoms with Crippen LogP contribution in [0.4, 0.5) is 5.82 Å². The van der Waals surface area contributed by atoms with Crippen molar-refractivity contribution >= 4 is 17.2 Å². The molecule has 4 nitrogen and oxygen atoms in total. The molecule has 2 aromatic heterocycles. The largest absolute Gasteiger partial charge is 0.363 e. The van der Waals surface area contributed by atoms with Crippen LogP contribution >= 0.6 is 11.3 Å². The molecule has 0 aliphatic rings. The van der Waals surface area contributed by atoms with Gasteiger partial charge in [0, 0.05) is 16.1 Å². The summed E-state index contributed by atoms with van der Waals surface area (Å²) in [5, 5.41) is 10.6. The Balaban J connectivity index is 2.05. The van der Waals surface area contributed by atoms with Crippen molar-refractivity contribution in [3.63, 3.8) is 0 Å². The lowest BCUT2D eigenvalue weighted by Gasteiger charge is -2.02. The van der Waals surface area contributed by atoms with Gasteiger partial charge in [-0.2, -0.15) is 5.10 Å². The third-order valence-electron chi connectivity index (χ3n) is 2.73. The molecule has 2 rings (SSSR count). The number of nitrogens with zero attached hydrogens (tertiary/aromatic N) is 2. The third kappa shape index (κ3) is 2.09. The Hall–Kier alpha value is -1.36. The van der Waals surface area contributed by atoms with Gasteiger partial charge in [-0.1, -0.05) is 6.92 Å². The molecule has 86 valence electrons. The van der Waals surface area contributed by atoms with Crippen molar-refractivity contribution in [2.24, 2.45) is 0 Å². The van der Waals surface area contributed by atoms with E-state index >= 15 is 0 Å². The summed E-state index contributed by atoms with van der Waals surface area (Å²) in [5.74, 6) is 0.949. The molecule has 2 heterocycles. The van der Waals surface area contributed by atoms with Gasteiger partial charge in [0.05, 0.1) is 17.7 Å². The summed E-state index contributed by atoms with van der Waals surface area (Å²) in [6.45, 7) is 7.04. The minimum atomic E-state index is 0.797. The minimum absolute atomic E-state index is 0.797. The predicted molar refractivity (Wildman–Crippen MR) is 66.9 cm³/mol. The van der Waals surface area contributed by atoms with E-state index in [1.165, 1.54) is 16.1 Å². The maximum Gasteiger partial charge on any atom is 0.151 e. The van der Waals surface area contributed by atoms with Gasteiger partial charge in [-0.3, -0.25) is 5.10 Å². The molecule has 16 heavy (non-hydrogen) atoms. The average Bonchev–Trinajstić information content (AvgIpc) is 2.83. The van der Waals surface area contributed by atoms with Crippen LogP contribution in [0, 0.1) is 13.8 Å². The Morgan fingerprint density at radius 2 is 2.25 bits per heavy atom. The highest BCUT2D eigenvalue weighted by Crippen LogP contribution is 2.18. The zero-order valence-corrected chi connectivity index (χ0v) is 10.6. The molecule has 0 spiro atoms. The summed E-state index contributed by atoms with van der Waals surface area (Å²) in [6, 6.07) is 0. The van der Waals surface area contributed by atoms with Gasteiger partial charge in [-0.25, -0.2) is 4.98 Å². The lowest BCUT2D eigenvalue weighted by Crippen LogP contribution is -2.00. The monoisotopic (exact) mass is 236 g/mol. The topological polar surface area (TPSA) is 53.6 Å². The Morgan fingerprint density at radius 1 is 1.44 bits per heavy atom. The smallest absolute Gasteiger partial charge is 0.151 e. The van der Waals surface area contributed by atoms with Gasteiger partial charge in [0.15, 0.2) is 5.82 Å². The first kappa shape index (κ1) is 11.1. The van der Waals surface area contributed by atoms with Gasteiger partial charge in [0.25, 0.3) is 0 Å². The Labute approximate surface area is 99.1 Å². The van der Waals surface area contributed by atoms with E-state index in [9.17, 15) is 0 Å². The average molecular weight is 236 g/mol. The van der Waals surface area contributed by atoms with Gasteiger partial charge in [-0.05, 0) is 20.3 Å². The number of rotatable bonds is 4. The predicted octanol–water partition coefficient (Wildman–Crippen LogP) is 2.66. The van der Waals surface area contributed by atoms with Gasteiger partial charge in [-0.15, -0.1) is 11.3 Å². The van der Waals surface area contributed by atoms with Crippen LogP contribution in [-0.4, -0.2) is 15.2 Å². The van der Waals surface area contributed by atoms with Crippen LogP contribution < -0.4 is 5.32 Å². The Kier molecular flexibility index (Phi) is 3.24. The Morgan fingerprint density at radius 3 is 2.81 bits per heavy atom. The van der Waals surface area contributed by atoms with Crippen LogP contribution in [0.2, 0.25) is 0 Å². The highest BCUT2D eigenvalue weighted by atomic mass is 32.1. The van der Waals surface area contributed by atoms with Crippen molar-refractivity contribution in [3.05, 3.63) is 27.3 Å². The summed E-state index contributed by atoms with van der Waals surface area (Å²) in [5.41, 5.74) is 5.39. The number of hydrogen-bond acceptors (Lipinski definition) is 4. The lowest BCUT2D eigenvalue weighted by atomic mass is 10.2. The molecule has 0 saturated heterocycles. The van der Waals surface area contributed by atoms with E-state index < -0.39 is 0 Å².